The Morgan fingerprint density at radius 3 is 2.47 bits per heavy atom. The highest BCUT2D eigenvalue weighted by molar-refractivity contribution is 7.99. The Balaban J connectivity index is 1.50. The first kappa shape index (κ1) is 21.9. The molecular formula is C21H20ClN3O4S. The maximum atomic E-state index is 12.5. The number of carbonyl (C=O) groups excluding carboxylic acids is 2. The minimum Gasteiger partial charge on any atom is -0.455 e. The van der Waals surface area contributed by atoms with Gasteiger partial charge in [0.15, 0.2) is 6.61 Å². The number of para-hydroxylation sites is 1. The van der Waals surface area contributed by atoms with Gasteiger partial charge in [-0.2, -0.15) is 0 Å². The van der Waals surface area contributed by atoms with Crippen molar-refractivity contribution in [1.29, 1.82) is 0 Å². The number of nitrogens with zero attached hydrogens (tertiary/aromatic N) is 3. The Hall–Kier alpha value is -2.84. The number of ether oxygens (including phenoxy) is 1. The minimum absolute atomic E-state index is 0.0530. The lowest BCUT2D eigenvalue weighted by atomic mass is 10.2. The molecule has 0 aliphatic carbocycles. The maximum Gasteiger partial charge on any atom is 0.316 e. The Labute approximate surface area is 183 Å². The molecule has 0 saturated heterocycles. The van der Waals surface area contributed by atoms with E-state index in [0.29, 0.717) is 10.9 Å². The molecule has 0 radical (unpaired) electrons. The first-order valence-electron chi connectivity index (χ1n) is 9.19. The highest BCUT2D eigenvalue weighted by Crippen LogP contribution is 2.24. The molecule has 7 nitrogen and oxygen atoms in total. The van der Waals surface area contributed by atoms with Crippen molar-refractivity contribution in [2.75, 3.05) is 17.3 Å². The molecule has 30 heavy (non-hydrogen) atoms. The highest BCUT2D eigenvalue weighted by Gasteiger charge is 2.20. The van der Waals surface area contributed by atoms with Gasteiger partial charge in [-0.1, -0.05) is 41.6 Å². The fourth-order valence-electron chi connectivity index (χ4n) is 2.67. The van der Waals surface area contributed by atoms with Gasteiger partial charge in [-0.15, -0.1) is 10.2 Å². The quantitative estimate of drug-likeness (QED) is 0.373. The Morgan fingerprint density at radius 1 is 1.10 bits per heavy atom. The van der Waals surface area contributed by atoms with E-state index < -0.39 is 5.97 Å². The molecule has 0 spiro atoms. The van der Waals surface area contributed by atoms with Crippen LogP contribution in [0.1, 0.15) is 13.8 Å². The van der Waals surface area contributed by atoms with Crippen molar-refractivity contribution in [3.63, 3.8) is 0 Å². The molecule has 0 aliphatic rings. The van der Waals surface area contributed by atoms with Gasteiger partial charge in [-0.25, -0.2) is 0 Å². The van der Waals surface area contributed by atoms with E-state index in [1.807, 2.05) is 44.2 Å². The number of carbonyl (C=O) groups is 2. The van der Waals surface area contributed by atoms with Gasteiger partial charge in [-0.05, 0) is 50.2 Å². The van der Waals surface area contributed by atoms with Crippen LogP contribution in [0.5, 0.6) is 0 Å². The van der Waals surface area contributed by atoms with Crippen LogP contribution in [0.25, 0.3) is 11.5 Å². The molecule has 1 heterocycles. The summed E-state index contributed by atoms with van der Waals surface area (Å²) >= 11 is 6.91. The van der Waals surface area contributed by atoms with E-state index in [1.54, 1.807) is 29.2 Å². The molecule has 0 unspecified atom stereocenters. The Morgan fingerprint density at radius 2 is 1.80 bits per heavy atom. The van der Waals surface area contributed by atoms with Crippen molar-refractivity contribution in [3.05, 3.63) is 59.6 Å². The lowest BCUT2D eigenvalue weighted by Crippen LogP contribution is -2.40. The van der Waals surface area contributed by atoms with Crippen LogP contribution in [0.15, 0.2) is 64.2 Å². The van der Waals surface area contributed by atoms with Crippen molar-refractivity contribution in [2.24, 2.45) is 0 Å². The Kier molecular flexibility index (Phi) is 7.48. The van der Waals surface area contributed by atoms with Crippen LogP contribution < -0.4 is 4.90 Å². The van der Waals surface area contributed by atoms with Gasteiger partial charge < -0.3 is 14.1 Å². The van der Waals surface area contributed by atoms with E-state index in [2.05, 4.69) is 10.2 Å². The van der Waals surface area contributed by atoms with Crippen LogP contribution in [-0.4, -0.2) is 40.5 Å². The lowest BCUT2D eigenvalue weighted by Gasteiger charge is -2.26. The third-order valence-electron chi connectivity index (χ3n) is 3.99. The molecule has 0 fully saturated rings. The summed E-state index contributed by atoms with van der Waals surface area (Å²) in [6.07, 6.45) is 0. The van der Waals surface area contributed by atoms with Crippen LogP contribution in [0.2, 0.25) is 5.02 Å². The van der Waals surface area contributed by atoms with Crippen molar-refractivity contribution in [2.45, 2.75) is 25.1 Å². The van der Waals surface area contributed by atoms with Gasteiger partial charge in [-0.3, -0.25) is 9.59 Å². The number of halogens is 1. The number of hydrogen-bond donors (Lipinski definition) is 0. The molecule has 1 aromatic heterocycles. The topological polar surface area (TPSA) is 85.5 Å². The maximum absolute atomic E-state index is 12.5. The summed E-state index contributed by atoms with van der Waals surface area (Å²) in [5.41, 5.74) is 1.48. The predicted molar refractivity (Wildman–Crippen MR) is 115 cm³/mol. The third-order valence-corrected chi connectivity index (χ3v) is 5.03. The van der Waals surface area contributed by atoms with Crippen LogP contribution in [0.4, 0.5) is 5.69 Å². The largest absolute Gasteiger partial charge is 0.455 e. The zero-order chi connectivity index (χ0) is 21.5. The molecule has 1 amide bonds. The van der Waals surface area contributed by atoms with Crippen molar-refractivity contribution >= 4 is 40.9 Å². The fourth-order valence-corrected chi connectivity index (χ4v) is 3.36. The van der Waals surface area contributed by atoms with E-state index in [1.165, 1.54) is 0 Å². The van der Waals surface area contributed by atoms with Gasteiger partial charge in [0.1, 0.15) is 5.75 Å². The molecule has 0 N–H and O–H groups in total. The summed E-state index contributed by atoms with van der Waals surface area (Å²) in [6.45, 7) is 3.46. The number of rotatable bonds is 8. The number of thioether (sulfide) groups is 1. The summed E-state index contributed by atoms with van der Waals surface area (Å²) in [6, 6.07) is 16.1. The normalized spacial score (nSPS) is 10.8. The molecule has 2 aromatic carbocycles. The van der Waals surface area contributed by atoms with E-state index in [4.69, 9.17) is 20.8 Å². The summed E-state index contributed by atoms with van der Waals surface area (Å²) in [7, 11) is 0. The van der Waals surface area contributed by atoms with Gasteiger partial charge in [0.2, 0.25) is 5.89 Å². The summed E-state index contributed by atoms with van der Waals surface area (Å²) < 4.78 is 10.7. The summed E-state index contributed by atoms with van der Waals surface area (Å²) in [5.74, 6) is -0.565. The van der Waals surface area contributed by atoms with Crippen molar-refractivity contribution < 1.29 is 18.7 Å². The number of anilines is 1. The molecule has 0 atom stereocenters. The second-order valence-corrected chi connectivity index (χ2v) is 7.89. The number of amides is 1. The average Bonchev–Trinajstić information content (AvgIpc) is 3.21. The van der Waals surface area contributed by atoms with E-state index >= 15 is 0 Å². The van der Waals surface area contributed by atoms with Crippen molar-refractivity contribution in [1.82, 2.24) is 10.2 Å². The SMILES string of the molecule is CC(C)N(C(=O)COC(=O)CSc1nnc(-c2ccc(Cl)cc2)o1)c1ccccc1. The lowest BCUT2D eigenvalue weighted by molar-refractivity contribution is -0.145. The molecular weight excluding hydrogens is 426 g/mol. The first-order chi connectivity index (χ1) is 14.4. The molecule has 3 rings (SSSR count). The predicted octanol–water partition coefficient (Wildman–Crippen LogP) is 4.47. The highest BCUT2D eigenvalue weighted by atomic mass is 35.5. The molecule has 0 aliphatic heterocycles. The van der Waals surface area contributed by atoms with Crippen LogP contribution in [0, 0.1) is 0 Å². The summed E-state index contributed by atoms with van der Waals surface area (Å²) in [5, 5.41) is 8.69. The molecule has 9 heteroatoms. The average molecular weight is 446 g/mol. The fraction of sp³-hybridized carbons (Fsp3) is 0.238. The number of esters is 1. The molecule has 156 valence electrons. The van der Waals surface area contributed by atoms with Crippen LogP contribution >= 0.6 is 23.4 Å². The van der Waals surface area contributed by atoms with Gasteiger partial charge in [0, 0.05) is 22.3 Å². The molecule has 0 saturated carbocycles. The second-order valence-electron chi connectivity index (χ2n) is 6.52. The second kappa shape index (κ2) is 10.3. The Bertz CT molecular complexity index is 993. The third kappa shape index (κ3) is 5.84. The van der Waals surface area contributed by atoms with E-state index in [0.717, 1.165) is 23.0 Å². The smallest absolute Gasteiger partial charge is 0.316 e. The first-order valence-corrected chi connectivity index (χ1v) is 10.6. The number of aromatic nitrogens is 2. The zero-order valence-corrected chi connectivity index (χ0v) is 18.0. The summed E-state index contributed by atoms with van der Waals surface area (Å²) in [4.78, 5) is 26.2. The van der Waals surface area contributed by atoms with Crippen LogP contribution in [0.3, 0.4) is 0 Å². The van der Waals surface area contributed by atoms with E-state index in [-0.39, 0.29) is 29.5 Å². The van der Waals surface area contributed by atoms with Gasteiger partial charge >= 0.3 is 5.97 Å². The number of hydrogen-bond acceptors (Lipinski definition) is 7. The number of benzene rings is 2. The van der Waals surface area contributed by atoms with Crippen molar-refractivity contribution in [3.8, 4) is 11.5 Å². The minimum atomic E-state index is -0.545. The van der Waals surface area contributed by atoms with E-state index in [9.17, 15) is 9.59 Å². The van der Waals surface area contributed by atoms with Gasteiger partial charge in [0.05, 0.1) is 0 Å². The van der Waals surface area contributed by atoms with Crippen LogP contribution in [-0.2, 0) is 14.3 Å². The molecule has 0 bridgehead atoms. The van der Waals surface area contributed by atoms with Gasteiger partial charge in [0.25, 0.3) is 11.1 Å². The monoisotopic (exact) mass is 445 g/mol. The standard InChI is InChI=1S/C21H20ClN3O4S/c1-14(2)25(17-6-4-3-5-7-17)18(26)12-28-19(27)13-30-21-24-23-20(29-21)15-8-10-16(22)11-9-15/h3-11,14H,12-13H2,1-2H3. The zero-order valence-electron chi connectivity index (χ0n) is 16.4. The molecule has 3 aromatic rings.